The van der Waals surface area contributed by atoms with E-state index in [2.05, 4.69) is 10.1 Å². The molecule has 0 amide bonds. The highest BCUT2D eigenvalue weighted by atomic mass is 32.2. The largest absolute Gasteiger partial charge is 0.273 e. The van der Waals surface area contributed by atoms with Crippen LogP contribution in [-0.4, -0.2) is 26.9 Å². The maximum absolute atomic E-state index is 10.9. The molecule has 0 aliphatic rings. The van der Waals surface area contributed by atoms with E-state index in [-0.39, 0.29) is 5.91 Å². The molecule has 0 N–H and O–H groups in total. The molecular formula is C6H9N3OS. The molecule has 1 aromatic heterocycles. The average Bonchev–Trinajstić information content (AvgIpc) is 2.30. The van der Waals surface area contributed by atoms with Crippen molar-refractivity contribution in [1.82, 2.24) is 14.8 Å². The number of rotatable bonds is 1. The summed E-state index contributed by atoms with van der Waals surface area (Å²) in [5.41, 5.74) is 0. The molecule has 11 heavy (non-hydrogen) atoms. The summed E-state index contributed by atoms with van der Waals surface area (Å²) < 4.78 is 1.31. The highest BCUT2D eigenvalue weighted by molar-refractivity contribution is 7.98. The topological polar surface area (TPSA) is 47.8 Å². The summed E-state index contributed by atoms with van der Waals surface area (Å²) in [5.74, 6) is 0.527. The van der Waals surface area contributed by atoms with E-state index in [0.717, 1.165) is 0 Å². The van der Waals surface area contributed by atoms with Gasteiger partial charge in [0.2, 0.25) is 5.91 Å². The van der Waals surface area contributed by atoms with Crippen LogP contribution in [-0.2, 0) is 0 Å². The van der Waals surface area contributed by atoms with Crippen molar-refractivity contribution >= 4 is 17.7 Å². The smallest absolute Gasteiger partial charge is 0.246 e. The maximum atomic E-state index is 10.9. The molecule has 0 aliphatic heterocycles. The Morgan fingerprint density at radius 3 is 2.64 bits per heavy atom. The monoisotopic (exact) mass is 171 g/mol. The number of carbonyl (C=O) groups excluding carboxylic acids is 1. The fraction of sp³-hybridized carbons (Fsp3) is 0.500. The number of nitrogens with zero attached hydrogens (tertiary/aromatic N) is 3. The third kappa shape index (κ3) is 1.59. The first-order valence-electron chi connectivity index (χ1n) is 3.13. The lowest BCUT2D eigenvalue weighted by Crippen LogP contribution is -2.08. The zero-order valence-corrected chi connectivity index (χ0v) is 7.47. The van der Waals surface area contributed by atoms with Crippen LogP contribution >= 0.6 is 11.8 Å². The minimum absolute atomic E-state index is 0.102. The van der Waals surface area contributed by atoms with Gasteiger partial charge in [0.05, 0.1) is 0 Å². The Hall–Kier alpha value is -0.840. The van der Waals surface area contributed by atoms with Crippen LogP contribution in [0.25, 0.3) is 0 Å². The second-order valence-electron chi connectivity index (χ2n) is 2.08. The van der Waals surface area contributed by atoms with Gasteiger partial charge in [-0.3, -0.25) is 4.79 Å². The van der Waals surface area contributed by atoms with Gasteiger partial charge in [0.1, 0.15) is 5.82 Å². The van der Waals surface area contributed by atoms with Crippen molar-refractivity contribution in [2.45, 2.75) is 19.0 Å². The van der Waals surface area contributed by atoms with Gasteiger partial charge in [0.15, 0.2) is 5.16 Å². The minimum Gasteiger partial charge on any atom is -0.273 e. The Morgan fingerprint density at radius 1 is 1.64 bits per heavy atom. The molecule has 0 atom stereocenters. The van der Waals surface area contributed by atoms with E-state index in [0.29, 0.717) is 11.0 Å². The third-order valence-corrected chi connectivity index (χ3v) is 1.79. The molecule has 1 aromatic rings. The van der Waals surface area contributed by atoms with Gasteiger partial charge >= 0.3 is 0 Å². The Bertz CT molecular complexity index is 281. The van der Waals surface area contributed by atoms with Gasteiger partial charge in [-0.15, -0.1) is 5.10 Å². The summed E-state index contributed by atoms with van der Waals surface area (Å²) in [6, 6.07) is 0. The molecule has 0 aromatic carbocycles. The fourth-order valence-electron chi connectivity index (χ4n) is 0.733. The van der Waals surface area contributed by atoms with Crippen LogP contribution in [0.1, 0.15) is 17.5 Å². The molecular weight excluding hydrogens is 162 g/mol. The molecule has 0 unspecified atom stereocenters. The van der Waals surface area contributed by atoms with Gasteiger partial charge in [-0.05, 0) is 13.2 Å². The fourth-order valence-corrected chi connectivity index (χ4v) is 1.30. The molecule has 0 radical (unpaired) electrons. The first kappa shape index (κ1) is 8.26. The molecule has 60 valence electrons. The van der Waals surface area contributed by atoms with Crippen LogP contribution in [0.2, 0.25) is 0 Å². The third-order valence-electron chi connectivity index (χ3n) is 1.16. The van der Waals surface area contributed by atoms with Gasteiger partial charge in [0, 0.05) is 6.92 Å². The highest BCUT2D eigenvalue weighted by Gasteiger charge is 2.08. The summed E-state index contributed by atoms with van der Waals surface area (Å²) in [5, 5.41) is 4.56. The maximum Gasteiger partial charge on any atom is 0.246 e. The van der Waals surface area contributed by atoms with Crippen molar-refractivity contribution in [3.8, 4) is 0 Å². The summed E-state index contributed by atoms with van der Waals surface area (Å²) in [6.07, 6.45) is 1.86. The van der Waals surface area contributed by atoms with Crippen LogP contribution in [0, 0.1) is 6.92 Å². The number of aromatic nitrogens is 3. The minimum atomic E-state index is -0.102. The van der Waals surface area contributed by atoms with E-state index < -0.39 is 0 Å². The normalized spacial score (nSPS) is 10.1. The van der Waals surface area contributed by atoms with Crippen molar-refractivity contribution in [1.29, 1.82) is 0 Å². The summed E-state index contributed by atoms with van der Waals surface area (Å²) >= 11 is 1.41. The van der Waals surface area contributed by atoms with E-state index in [4.69, 9.17) is 0 Å². The van der Waals surface area contributed by atoms with Crippen LogP contribution in [0.3, 0.4) is 0 Å². The molecule has 1 heterocycles. The van der Waals surface area contributed by atoms with Crippen LogP contribution < -0.4 is 0 Å². The van der Waals surface area contributed by atoms with E-state index in [9.17, 15) is 4.79 Å². The van der Waals surface area contributed by atoms with Gasteiger partial charge < -0.3 is 0 Å². The second-order valence-corrected chi connectivity index (χ2v) is 2.85. The summed E-state index contributed by atoms with van der Waals surface area (Å²) in [6.45, 7) is 3.23. The lowest BCUT2D eigenvalue weighted by Gasteiger charge is -1.94. The van der Waals surface area contributed by atoms with E-state index in [1.807, 2.05) is 6.26 Å². The lowest BCUT2D eigenvalue weighted by molar-refractivity contribution is 0.0909. The molecule has 0 saturated heterocycles. The van der Waals surface area contributed by atoms with E-state index in [1.54, 1.807) is 6.92 Å². The van der Waals surface area contributed by atoms with Crippen molar-refractivity contribution in [2.75, 3.05) is 6.26 Å². The number of carbonyl (C=O) groups is 1. The molecule has 0 spiro atoms. The first-order valence-corrected chi connectivity index (χ1v) is 4.36. The molecule has 0 aliphatic carbocycles. The summed E-state index contributed by atoms with van der Waals surface area (Å²) in [4.78, 5) is 14.9. The molecule has 0 fully saturated rings. The molecule has 4 nitrogen and oxygen atoms in total. The predicted molar refractivity (Wildman–Crippen MR) is 42.8 cm³/mol. The Balaban J connectivity index is 3.12. The number of hydrogen-bond donors (Lipinski definition) is 0. The van der Waals surface area contributed by atoms with Crippen LogP contribution in [0.4, 0.5) is 0 Å². The molecule has 0 bridgehead atoms. The Morgan fingerprint density at radius 2 is 2.27 bits per heavy atom. The van der Waals surface area contributed by atoms with Gasteiger partial charge in [-0.1, -0.05) is 11.8 Å². The van der Waals surface area contributed by atoms with Crippen molar-refractivity contribution in [3.63, 3.8) is 0 Å². The second kappa shape index (κ2) is 3.04. The predicted octanol–water partition coefficient (Wildman–Crippen LogP) is 0.969. The molecule has 5 heteroatoms. The average molecular weight is 171 g/mol. The number of thioether (sulfide) groups is 1. The molecule has 0 saturated carbocycles. The quantitative estimate of drug-likeness (QED) is 0.591. The lowest BCUT2D eigenvalue weighted by atomic mass is 10.7. The zero-order chi connectivity index (χ0) is 8.43. The Kier molecular flexibility index (Phi) is 2.28. The van der Waals surface area contributed by atoms with Crippen molar-refractivity contribution in [3.05, 3.63) is 5.82 Å². The van der Waals surface area contributed by atoms with Gasteiger partial charge in [0.25, 0.3) is 0 Å². The SMILES string of the molecule is CSc1nc(C)nn1C(C)=O. The van der Waals surface area contributed by atoms with E-state index >= 15 is 0 Å². The van der Waals surface area contributed by atoms with Crippen LogP contribution in [0.15, 0.2) is 5.16 Å². The number of hydrogen-bond acceptors (Lipinski definition) is 4. The first-order chi connectivity index (χ1) is 5.15. The van der Waals surface area contributed by atoms with Crippen molar-refractivity contribution < 1.29 is 4.79 Å². The summed E-state index contributed by atoms with van der Waals surface area (Å²) in [7, 11) is 0. The highest BCUT2D eigenvalue weighted by Crippen LogP contribution is 2.10. The van der Waals surface area contributed by atoms with Crippen LogP contribution in [0.5, 0.6) is 0 Å². The Labute approximate surface area is 69.0 Å². The van der Waals surface area contributed by atoms with E-state index in [1.165, 1.54) is 23.4 Å². The van der Waals surface area contributed by atoms with Gasteiger partial charge in [-0.2, -0.15) is 4.68 Å². The standard InChI is InChI=1S/C6H9N3OS/c1-4-7-6(11-3)9(8-4)5(2)10/h1-3H3. The number of aryl methyl sites for hydroxylation is 1. The van der Waals surface area contributed by atoms with Crippen molar-refractivity contribution in [2.24, 2.45) is 0 Å². The van der Waals surface area contributed by atoms with Gasteiger partial charge in [-0.25, -0.2) is 4.98 Å². The molecule has 1 rings (SSSR count). The zero-order valence-electron chi connectivity index (χ0n) is 6.66.